The van der Waals surface area contributed by atoms with Gasteiger partial charge in [0, 0.05) is 10.6 Å². The molecule has 0 aliphatic heterocycles. The average Bonchev–Trinajstić information content (AvgIpc) is 2.97. The van der Waals surface area contributed by atoms with Gasteiger partial charge in [0.05, 0.1) is 0 Å². The van der Waals surface area contributed by atoms with Crippen LogP contribution in [0.25, 0.3) is 0 Å². The van der Waals surface area contributed by atoms with E-state index in [2.05, 4.69) is 44.7 Å². The van der Waals surface area contributed by atoms with Crippen molar-refractivity contribution in [3.05, 3.63) is 29.3 Å². The number of hydrogen-bond acceptors (Lipinski definition) is 2. The second-order valence-corrected chi connectivity index (χ2v) is 6.05. The van der Waals surface area contributed by atoms with Crippen molar-refractivity contribution < 1.29 is 0 Å². The lowest BCUT2D eigenvalue weighted by molar-refractivity contribution is 0.683. The predicted octanol–water partition coefficient (Wildman–Crippen LogP) is 4.11. The summed E-state index contributed by atoms with van der Waals surface area (Å²) in [6, 6.07) is 6.72. The fourth-order valence-electron chi connectivity index (χ4n) is 1.72. The molecule has 0 radical (unpaired) electrons. The van der Waals surface area contributed by atoms with Crippen molar-refractivity contribution in [2.24, 2.45) is 5.41 Å². The minimum atomic E-state index is 0.561. The van der Waals surface area contributed by atoms with Crippen LogP contribution >= 0.6 is 24.4 Å². The molecule has 0 heterocycles. The van der Waals surface area contributed by atoms with Gasteiger partial charge in [0.1, 0.15) is 0 Å². The molecule has 1 aliphatic carbocycles. The number of rotatable bonds is 4. The highest BCUT2D eigenvalue weighted by Crippen LogP contribution is 2.50. The molecular formula is C13H18S2. The summed E-state index contributed by atoms with van der Waals surface area (Å²) < 4.78 is 0. The SMILES string of the molecule is Cc1ccc(SCC2(CS)CC2)c(C)c1. The van der Waals surface area contributed by atoms with Crippen LogP contribution in [-0.4, -0.2) is 11.5 Å². The van der Waals surface area contributed by atoms with Crippen LogP contribution < -0.4 is 0 Å². The van der Waals surface area contributed by atoms with Gasteiger partial charge in [0.15, 0.2) is 0 Å². The quantitative estimate of drug-likeness (QED) is 0.608. The minimum Gasteiger partial charge on any atom is -0.179 e. The lowest BCUT2D eigenvalue weighted by atomic mass is 10.2. The van der Waals surface area contributed by atoms with Crippen LogP contribution in [0.1, 0.15) is 24.0 Å². The lowest BCUT2D eigenvalue weighted by Crippen LogP contribution is -2.05. The van der Waals surface area contributed by atoms with Crippen LogP contribution in [0.15, 0.2) is 23.1 Å². The number of thioether (sulfide) groups is 1. The summed E-state index contributed by atoms with van der Waals surface area (Å²) in [5.41, 5.74) is 3.33. The maximum atomic E-state index is 4.44. The summed E-state index contributed by atoms with van der Waals surface area (Å²) in [5.74, 6) is 2.28. The second-order valence-electron chi connectivity index (χ2n) is 4.72. The largest absolute Gasteiger partial charge is 0.179 e. The van der Waals surface area contributed by atoms with E-state index in [1.165, 1.54) is 34.6 Å². The molecule has 1 fully saturated rings. The molecule has 1 aromatic rings. The molecule has 0 aromatic heterocycles. The van der Waals surface area contributed by atoms with E-state index in [4.69, 9.17) is 0 Å². The lowest BCUT2D eigenvalue weighted by Gasteiger charge is -2.12. The Morgan fingerprint density at radius 1 is 1.33 bits per heavy atom. The summed E-state index contributed by atoms with van der Waals surface area (Å²) in [4.78, 5) is 1.44. The molecule has 2 rings (SSSR count). The fraction of sp³-hybridized carbons (Fsp3) is 0.538. The predicted molar refractivity (Wildman–Crippen MR) is 72.2 cm³/mol. The topological polar surface area (TPSA) is 0 Å². The molecule has 0 atom stereocenters. The van der Waals surface area contributed by atoms with Crippen LogP contribution in [0.3, 0.4) is 0 Å². The van der Waals surface area contributed by atoms with Crippen molar-refractivity contribution in [3.8, 4) is 0 Å². The van der Waals surface area contributed by atoms with Gasteiger partial charge in [-0.15, -0.1) is 11.8 Å². The van der Waals surface area contributed by atoms with E-state index in [0.29, 0.717) is 5.41 Å². The number of benzene rings is 1. The van der Waals surface area contributed by atoms with E-state index in [1.54, 1.807) is 0 Å². The third-order valence-corrected chi connectivity index (χ3v) is 5.35. The van der Waals surface area contributed by atoms with Gasteiger partial charge in [-0.3, -0.25) is 0 Å². The Labute approximate surface area is 102 Å². The Kier molecular flexibility index (Phi) is 3.36. The normalized spacial score (nSPS) is 17.8. The first-order chi connectivity index (χ1) is 7.15. The van der Waals surface area contributed by atoms with Gasteiger partial charge in [-0.25, -0.2) is 0 Å². The summed E-state index contributed by atoms with van der Waals surface area (Å²) in [7, 11) is 0. The van der Waals surface area contributed by atoms with Gasteiger partial charge >= 0.3 is 0 Å². The standard InChI is InChI=1S/C13H18S2/c1-10-3-4-12(11(2)7-10)15-9-13(8-14)5-6-13/h3-4,7,14H,5-6,8-9H2,1-2H3. The van der Waals surface area contributed by atoms with Crippen molar-refractivity contribution >= 4 is 24.4 Å². The summed E-state index contributed by atoms with van der Waals surface area (Å²) in [6.07, 6.45) is 2.74. The maximum absolute atomic E-state index is 4.44. The Hall–Kier alpha value is -0.0800. The molecule has 0 nitrogen and oxygen atoms in total. The monoisotopic (exact) mass is 238 g/mol. The van der Waals surface area contributed by atoms with Crippen LogP contribution in [-0.2, 0) is 0 Å². The van der Waals surface area contributed by atoms with Gasteiger partial charge in [-0.1, -0.05) is 17.7 Å². The van der Waals surface area contributed by atoms with Crippen molar-refractivity contribution in [2.45, 2.75) is 31.6 Å². The van der Waals surface area contributed by atoms with Gasteiger partial charge in [-0.2, -0.15) is 12.6 Å². The molecule has 0 bridgehead atoms. The zero-order valence-electron chi connectivity index (χ0n) is 9.42. The molecule has 0 amide bonds. The molecule has 82 valence electrons. The molecule has 0 saturated heterocycles. The zero-order chi connectivity index (χ0) is 10.9. The van der Waals surface area contributed by atoms with Crippen LogP contribution in [0, 0.1) is 19.3 Å². The third kappa shape index (κ3) is 2.73. The molecule has 1 aliphatic rings. The van der Waals surface area contributed by atoms with Crippen molar-refractivity contribution in [2.75, 3.05) is 11.5 Å². The highest BCUT2D eigenvalue weighted by molar-refractivity contribution is 7.99. The maximum Gasteiger partial charge on any atom is 0.0102 e. The highest BCUT2D eigenvalue weighted by atomic mass is 32.2. The van der Waals surface area contributed by atoms with Crippen molar-refractivity contribution in [1.29, 1.82) is 0 Å². The van der Waals surface area contributed by atoms with Crippen molar-refractivity contribution in [3.63, 3.8) is 0 Å². The first kappa shape index (κ1) is 11.4. The first-order valence-corrected chi connectivity index (χ1v) is 7.08. The van der Waals surface area contributed by atoms with Crippen LogP contribution in [0.5, 0.6) is 0 Å². The molecule has 15 heavy (non-hydrogen) atoms. The van der Waals surface area contributed by atoms with E-state index < -0.39 is 0 Å². The number of thiol groups is 1. The Balaban J connectivity index is 1.99. The van der Waals surface area contributed by atoms with E-state index in [0.717, 1.165) is 5.75 Å². The Morgan fingerprint density at radius 2 is 2.07 bits per heavy atom. The minimum absolute atomic E-state index is 0.561. The number of aryl methyl sites for hydroxylation is 2. The Bertz CT molecular complexity index is 354. The van der Waals surface area contributed by atoms with E-state index in [-0.39, 0.29) is 0 Å². The second kappa shape index (κ2) is 4.42. The smallest absolute Gasteiger partial charge is 0.0102 e. The van der Waals surface area contributed by atoms with Crippen LogP contribution in [0.4, 0.5) is 0 Å². The zero-order valence-corrected chi connectivity index (χ0v) is 11.1. The molecule has 0 unspecified atom stereocenters. The van der Waals surface area contributed by atoms with Crippen molar-refractivity contribution in [1.82, 2.24) is 0 Å². The van der Waals surface area contributed by atoms with Gasteiger partial charge in [0.25, 0.3) is 0 Å². The highest BCUT2D eigenvalue weighted by Gasteiger charge is 2.40. The molecule has 2 heteroatoms. The van der Waals surface area contributed by atoms with E-state index in [9.17, 15) is 0 Å². The molecule has 0 spiro atoms. The Morgan fingerprint density at radius 3 is 2.60 bits per heavy atom. The van der Waals surface area contributed by atoms with Gasteiger partial charge < -0.3 is 0 Å². The fourth-order valence-corrected chi connectivity index (χ4v) is 3.60. The van der Waals surface area contributed by atoms with E-state index in [1.807, 2.05) is 11.8 Å². The van der Waals surface area contributed by atoms with Gasteiger partial charge in [0.2, 0.25) is 0 Å². The molecule has 0 N–H and O–H groups in total. The molecule has 1 aromatic carbocycles. The third-order valence-electron chi connectivity index (χ3n) is 3.16. The van der Waals surface area contributed by atoms with Crippen LogP contribution in [0.2, 0.25) is 0 Å². The summed E-state index contributed by atoms with van der Waals surface area (Å²) in [5, 5.41) is 0. The summed E-state index contributed by atoms with van der Waals surface area (Å²) in [6.45, 7) is 4.35. The first-order valence-electron chi connectivity index (χ1n) is 5.46. The van der Waals surface area contributed by atoms with E-state index >= 15 is 0 Å². The molecular weight excluding hydrogens is 220 g/mol. The molecule has 1 saturated carbocycles. The average molecular weight is 238 g/mol. The summed E-state index contributed by atoms with van der Waals surface area (Å²) >= 11 is 6.44. The van der Waals surface area contributed by atoms with Gasteiger partial charge in [-0.05, 0) is 49.5 Å². The number of hydrogen-bond donors (Lipinski definition) is 1.